The highest BCUT2D eigenvalue weighted by Gasteiger charge is 2.20. The summed E-state index contributed by atoms with van der Waals surface area (Å²) in [4.78, 5) is 20.3. The quantitative estimate of drug-likeness (QED) is 0.164. The second kappa shape index (κ2) is 12.8. The Kier molecular flexibility index (Phi) is 7.13. The van der Waals surface area contributed by atoms with Crippen molar-refractivity contribution in [1.29, 1.82) is 0 Å². The molecule has 4 heterocycles. The standard InChI is InChI=1S/C52H31N5O/c1-3-11-32(12-4-1)35-22-25-40-43-29-36(23-26-45(43)57(46(40)31-35)38-15-5-2-6-16-38)49-54-50(37-24-27-47-44(30-37)41-19-10-28-53-52(41)58-47)56-51(55-49)42-18-9-14-34-21-20-33-13-7-8-17-39(33)48(34)42/h1-31H. The molecule has 0 fully saturated rings. The number of hydrogen-bond acceptors (Lipinski definition) is 5. The maximum absolute atomic E-state index is 6.09. The summed E-state index contributed by atoms with van der Waals surface area (Å²) >= 11 is 0. The molecular weight excluding hydrogens is 711 g/mol. The highest BCUT2D eigenvalue weighted by molar-refractivity contribution is 6.14. The van der Waals surface area contributed by atoms with Crippen molar-refractivity contribution in [2.24, 2.45) is 0 Å². The van der Waals surface area contributed by atoms with E-state index in [2.05, 4.69) is 167 Å². The highest BCUT2D eigenvalue weighted by Crippen LogP contribution is 2.39. The largest absolute Gasteiger partial charge is 0.438 e. The lowest BCUT2D eigenvalue weighted by Gasteiger charge is -2.12. The highest BCUT2D eigenvalue weighted by atomic mass is 16.3. The number of nitrogens with zero attached hydrogens (tertiary/aromatic N) is 5. The number of pyridine rings is 1. The van der Waals surface area contributed by atoms with Gasteiger partial charge in [0.15, 0.2) is 17.5 Å². The van der Waals surface area contributed by atoms with Crippen molar-refractivity contribution in [2.75, 3.05) is 0 Å². The first kappa shape index (κ1) is 32.3. The van der Waals surface area contributed by atoms with Crippen LogP contribution in [0, 0.1) is 0 Å². The van der Waals surface area contributed by atoms with E-state index in [0.717, 1.165) is 76.7 Å². The molecule has 12 rings (SSSR count). The predicted molar refractivity (Wildman–Crippen MR) is 236 cm³/mol. The SMILES string of the molecule is c1ccc(-c2ccc3c4cc(-c5nc(-c6ccc7oc8ncccc8c7c6)nc(-c6cccc7ccc8ccccc8c67)n5)ccc4n(-c4ccccc4)c3c2)cc1. The number of hydrogen-bond donors (Lipinski definition) is 0. The van der Waals surface area contributed by atoms with Crippen LogP contribution < -0.4 is 0 Å². The summed E-state index contributed by atoms with van der Waals surface area (Å²) in [5.74, 6) is 1.79. The molecule has 0 aliphatic heterocycles. The number of rotatable bonds is 5. The Labute approximate surface area is 332 Å². The van der Waals surface area contributed by atoms with E-state index in [0.29, 0.717) is 23.2 Å². The van der Waals surface area contributed by atoms with E-state index in [1.54, 1.807) is 6.20 Å². The summed E-state index contributed by atoms with van der Waals surface area (Å²) in [5.41, 5.74) is 9.78. The van der Waals surface area contributed by atoms with Crippen LogP contribution in [0.15, 0.2) is 193 Å². The summed E-state index contributed by atoms with van der Waals surface area (Å²) in [6.45, 7) is 0. The third-order valence-electron chi connectivity index (χ3n) is 11.3. The monoisotopic (exact) mass is 741 g/mol. The summed E-state index contributed by atoms with van der Waals surface area (Å²) in [6.07, 6.45) is 1.75. The van der Waals surface area contributed by atoms with Crippen molar-refractivity contribution >= 4 is 65.4 Å². The molecule has 0 saturated heterocycles. The average Bonchev–Trinajstić information content (AvgIpc) is 3.84. The van der Waals surface area contributed by atoms with Gasteiger partial charge in [-0.3, -0.25) is 0 Å². The lowest BCUT2D eigenvalue weighted by Crippen LogP contribution is -2.01. The van der Waals surface area contributed by atoms with Crippen molar-refractivity contribution in [2.45, 2.75) is 0 Å². The first-order chi connectivity index (χ1) is 28.7. The predicted octanol–water partition coefficient (Wildman–Crippen LogP) is 13.2. The molecule has 0 unspecified atom stereocenters. The van der Waals surface area contributed by atoms with E-state index in [1.807, 2.05) is 24.3 Å². The minimum Gasteiger partial charge on any atom is -0.438 e. The average molecular weight is 742 g/mol. The van der Waals surface area contributed by atoms with Crippen molar-refractivity contribution in [3.8, 4) is 51.0 Å². The van der Waals surface area contributed by atoms with E-state index in [1.165, 1.54) is 16.5 Å². The minimum atomic E-state index is 0.580. The Balaban J connectivity index is 1.11. The Morgan fingerprint density at radius 2 is 1.09 bits per heavy atom. The molecule has 8 aromatic carbocycles. The zero-order valence-electron chi connectivity index (χ0n) is 31.0. The lowest BCUT2D eigenvalue weighted by molar-refractivity contribution is 0.654. The molecule has 0 radical (unpaired) electrons. The number of aromatic nitrogens is 5. The molecule has 58 heavy (non-hydrogen) atoms. The molecule has 0 aliphatic rings. The van der Waals surface area contributed by atoms with Crippen molar-refractivity contribution in [3.63, 3.8) is 0 Å². The van der Waals surface area contributed by atoms with Gasteiger partial charge < -0.3 is 8.98 Å². The van der Waals surface area contributed by atoms with Gasteiger partial charge in [-0.25, -0.2) is 19.9 Å². The Morgan fingerprint density at radius 1 is 0.397 bits per heavy atom. The molecule has 6 nitrogen and oxygen atoms in total. The first-order valence-electron chi connectivity index (χ1n) is 19.4. The van der Waals surface area contributed by atoms with Crippen LogP contribution in [0.25, 0.3) is 116 Å². The minimum absolute atomic E-state index is 0.580. The topological polar surface area (TPSA) is 69.6 Å². The summed E-state index contributed by atoms with van der Waals surface area (Å²) < 4.78 is 8.45. The van der Waals surface area contributed by atoms with Crippen LogP contribution in [-0.2, 0) is 0 Å². The van der Waals surface area contributed by atoms with E-state index >= 15 is 0 Å². The van der Waals surface area contributed by atoms with Gasteiger partial charge in [-0.15, -0.1) is 0 Å². The lowest BCUT2D eigenvalue weighted by atomic mass is 9.97. The summed E-state index contributed by atoms with van der Waals surface area (Å²) in [6, 6.07) is 63.7. The van der Waals surface area contributed by atoms with Gasteiger partial charge >= 0.3 is 0 Å². The molecule has 0 atom stereocenters. The zero-order valence-corrected chi connectivity index (χ0v) is 31.0. The van der Waals surface area contributed by atoms with Gasteiger partial charge in [0.2, 0.25) is 5.71 Å². The molecule has 4 aromatic heterocycles. The molecule has 12 aromatic rings. The smallest absolute Gasteiger partial charge is 0.227 e. The van der Waals surface area contributed by atoms with Crippen LogP contribution in [0.5, 0.6) is 0 Å². The van der Waals surface area contributed by atoms with Crippen LogP contribution in [0.2, 0.25) is 0 Å². The second-order valence-electron chi connectivity index (χ2n) is 14.7. The fraction of sp³-hybridized carbons (Fsp3) is 0. The third-order valence-corrected chi connectivity index (χ3v) is 11.3. The number of fused-ring (bicyclic) bond motifs is 9. The summed E-state index contributed by atoms with van der Waals surface area (Å²) in [7, 11) is 0. The summed E-state index contributed by atoms with van der Waals surface area (Å²) in [5, 5.41) is 8.75. The van der Waals surface area contributed by atoms with Gasteiger partial charge in [0.1, 0.15) is 5.58 Å². The zero-order chi connectivity index (χ0) is 38.2. The van der Waals surface area contributed by atoms with Crippen molar-refractivity contribution < 1.29 is 4.42 Å². The molecule has 0 aliphatic carbocycles. The fourth-order valence-electron chi connectivity index (χ4n) is 8.58. The van der Waals surface area contributed by atoms with Crippen LogP contribution in [0.3, 0.4) is 0 Å². The van der Waals surface area contributed by atoms with Crippen molar-refractivity contribution in [1.82, 2.24) is 24.5 Å². The molecule has 6 heteroatoms. The molecule has 0 bridgehead atoms. The van der Waals surface area contributed by atoms with Crippen LogP contribution >= 0.6 is 0 Å². The van der Waals surface area contributed by atoms with E-state index < -0.39 is 0 Å². The normalized spacial score (nSPS) is 11.8. The Bertz CT molecular complexity index is 3570. The molecule has 0 amide bonds. The van der Waals surface area contributed by atoms with E-state index in [-0.39, 0.29) is 0 Å². The number of benzene rings is 8. The maximum atomic E-state index is 6.09. The fourth-order valence-corrected chi connectivity index (χ4v) is 8.58. The van der Waals surface area contributed by atoms with Crippen LogP contribution in [0.4, 0.5) is 0 Å². The van der Waals surface area contributed by atoms with Gasteiger partial charge in [0.05, 0.1) is 11.0 Å². The maximum Gasteiger partial charge on any atom is 0.227 e. The van der Waals surface area contributed by atoms with Gasteiger partial charge in [0, 0.05) is 55.5 Å². The van der Waals surface area contributed by atoms with Gasteiger partial charge in [-0.05, 0) is 94.0 Å². The third kappa shape index (κ3) is 5.12. The van der Waals surface area contributed by atoms with E-state index in [9.17, 15) is 0 Å². The Morgan fingerprint density at radius 3 is 1.95 bits per heavy atom. The molecule has 0 spiro atoms. The number of furan rings is 1. The number of para-hydroxylation sites is 1. The van der Waals surface area contributed by atoms with Crippen LogP contribution in [0.1, 0.15) is 0 Å². The molecule has 270 valence electrons. The van der Waals surface area contributed by atoms with Gasteiger partial charge in [-0.1, -0.05) is 115 Å². The molecule has 0 saturated carbocycles. The van der Waals surface area contributed by atoms with Crippen molar-refractivity contribution in [3.05, 3.63) is 188 Å². The van der Waals surface area contributed by atoms with E-state index in [4.69, 9.17) is 19.4 Å². The molecular formula is C52H31N5O. The van der Waals surface area contributed by atoms with Crippen LogP contribution in [-0.4, -0.2) is 24.5 Å². The Hall–Kier alpha value is -7.96. The van der Waals surface area contributed by atoms with Gasteiger partial charge in [-0.2, -0.15) is 0 Å². The van der Waals surface area contributed by atoms with Gasteiger partial charge in [0.25, 0.3) is 0 Å². The molecule has 0 N–H and O–H groups in total. The first-order valence-corrected chi connectivity index (χ1v) is 19.4. The second-order valence-corrected chi connectivity index (χ2v) is 14.7.